The van der Waals surface area contributed by atoms with E-state index in [0.29, 0.717) is 42.8 Å². The monoisotopic (exact) mass is 434 g/mol. The van der Waals surface area contributed by atoms with Crippen molar-refractivity contribution in [1.29, 1.82) is 0 Å². The van der Waals surface area contributed by atoms with E-state index in [1.807, 2.05) is 31.2 Å². The van der Waals surface area contributed by atoms with Crippen LogP contribution in [0.2, 0.25) is 0 Å². The standard InChI is InChI=1S/C21H26N2O6S/c1-4-27-18-7-5-6-16(12-18)14-22-21(24)15(2)23(30(3,25)26)17-8-9-19-20(13-17)29-11-10-28-19/h5-9,12-13,15H,4,10-11,14H2,1-3H3,(H,22,24)/t15-/m1/s1. The van der Waals surface area contributed by atoms with Gasteiger partial charge in [-0.15, -0.1) is 0 Å². The van der Waals surface area contributed by atoms with Gasteiger partial charge in [-0.2, -0.15) is 0 Å². The van der Waals surface area contributed by atoms with Gasteiger partial charge in [-0.25, -0.2) is 8.42 Å². The highest BCUT2D eigenvalue weighted by atomic mass is 32.2. The smallest absolute Gasteiger partial charge is 0.243 e. The van der Waals surface area contributed by atoms with Crippen LogP contribution in [0, 0.1) is 0 Å². The van der Waals surface area contributed by atoms with Gasteiger partial charge in [0.05, 0.1) is 18.6 Å². The summed E-state index contributed by atoms with van der Waals surface area (Å²) in [5, 5.41) is 2.80. The van der Waals surface area contributed by atoms with Crippen LogP contribution >= 0.6 is 0 Å². The first kappa shape index (κ1) is 21.8. The van der Waals surface area contributed by atoms with Crippen molar-refractivity contribution in [1.82, 2.24) is 5.32 Å². The fraction of sp³-hybridized carbons (Fsp3) is 0.381. The summed E-state index contributed by atoms with van der Waals surface area (Å²) in [5.74, 6) is 1.29. The predicted molar refractivity (Wildman–Crippen MR) is 114 cm³/mol. The van der Waals surface area contributed by atoms with E-state index >= 15 is 0 Å². The number of fused-ring (bicyclic) bond motifs is 1. The molecule has 1 aliphatic heterocycles. The lowest BCUT2D eigenvalue weighted by molar-refractivity contribution is -0.122. The summed E-state index contributed by atoms with van der Waals surface area (Å²) >= 11 is 0. The number of carbonyl (C=O) groups excluding carboxylic acids is 1. The number of benzene rings is 2. The topological polar surface area (TPSA) is 94.2 Å². The van der Waals surface area contributed by atoms with Gasteiger partial charge in [0.1, 0.15) is 25.0 Å². The van der Waals surface area contributed by atoms with Crippen molar-refractivity contribution in [2.24, 2.45) is 0 Å². The molecule has 0 fully saturated rings. The molecule has 8 nitrogen and oxygen atoms in total. The predicted octanol–water partition coefficient (Wildman–Crippen LogP) is 2.33. The summed E-state index contributed by atoms with van der Waals surface area (Å²) in [4.78, 5) is 12.8. The summed E-state index contributed by atoms with van der Waals surface area (Å²) in [6, 6.07) is 11.2. The molecule has 9 heteroatoms. The molecule has 1 heterocycles. The van der Waals surface area contributed by atoms with Crippen LogP contribution in [0.15, 0.2) is 42.5 Å². The summed E-state index contributed by atoms with van der Waals surface area (Å²) in [6.07, 6.45) is 1.07. The average Bonchev–Trinajstić information content (AvgIpc) is 2.71. The molecule has 1 atom stereocenters. The molecular formula is C21H26N2O6S. The molecule has 1 amide bonds. The zero-order valence-electron chi connectivity index (χ0n) is 17.3. The molecule has 162 valence electrons. The number of sulfonamides is 1. The number of hydrogen-bond donors (Lipinski definition) is 1. The minimum Gasteiger partial charge on any atom is -0.494 e. The summed E-state index contributed by atoms with van der Waals surface area (Å²) in [6.45, 7) is 5.06. The molecule has 0 radical (unpaired) electrons. The summed E-state index contributed by atoms with van der Waals surface area (Å²) in [5.41, 5.74) is 1.19. The molecule has 0 aromatic heterocycles. The van der Waals surface area contributed by atoms with Crippen molar-refractivity contribution < 1.29 is 27.4 Å². The number of ether oxygens (including phenoxy) is 3. The van der Waals surface area contributed by atoms with Gasteiger partial charge >= 0.3 is 0 Å². The minimum atomic E-state index is -3.73. The molecule has 3 rings (SSSR count). The SMILES string of the molecule is CCOc1cccc(CNC(=O)[C@@H](C)N(c2ccc3c(c2)OCCO3)S(C)(=O)=O)c1. The highest BCUT2D eigenvalue weighted by Gasteiger charge is 2.30. The van der Waals surface area contributed by atoms with Crippen LogP contribution in [0.25, 0.3) is 0 Å². The third-order valence-electron chi connectivity index (χ3n) is 4.54. The molecule has 0 spiro atoms. The molecule has 1 N–H and O–H groups in total. The largest absolute Gasteiger partial charge is 0.494 e. The molecule has 0 aliphatic carbocycles. The first-order valence-electron chi connectivity index (χ1n) is 9.68. The van der Waals surface area contributed by atoms with Crippen LogP contribution in [-0.2, 0) is 21.4 Å². The van der Waals surface area contributed by atoms with E-state index in [9.17, 15) is 13.2 Å². The van der Waals surface area contributed by atoms with Gasteiger partial charge in [0.2, 0.25) is 15.9 Å². The van der Waals surface area contributed by atoms with E-state index < -0.39 is 22.0 Å². The molecule has 1 aliphatic rings. The second kappa shape index (κ2) is 9.25. The highest BCUT2D eigenvalue weighted by molar-refractivity contribution is 7.92. The van der Waals surface area contributed by atoms with Crippen molar-refractivity contribution in [2.75, 3.05) is 30.4 Å². The highest BCUT2D eigenvalue weighted by Crippen LogP contribution is 2.35. The fourth-order valence-electron chi connectivity index (χ4n) is 3.23. The maximum atomic E-state index is 12.8. The van der Waals surface area contributed by atoms with E-state index in [0.717, 1.165) is 16.1 Å². The molecule has 30 heavy (non-hydrogen) atoms. The van der Waals surface area contributed by atoms with Crippen LogP contribution in [0.1, 0.15) is 19.4 Å². The lowest BCUT2D eigenvalue weighted by Crippen LogP contribution is -2.47. The Bertz CT molecular complexity index is 1010. The Kier molecular flexibility index (Phi) is 6.71. The van der Waals surface area contributed by atoms with Gasteiger partial charge in [-0.05, 0) is 43.7 Å². The minimum absolute atomic E-state index is 0.253. The molecule has 0 bridgehead atoms. The summed E-state index contributed by atoms with van der Waals surface area (Å²) < 4.78 is 42.6. The van der Waals surface area contributed by atoms with Crippen LogP contribution in [0.3, 0.4) is 0 Å². The zero-order valence-corrected chi connectivity index (χ0v) is 18.1. The first-order chi connectivity index (χ1) is 14.3. The van der Waals surface area contributed by atoms with Crippen LogP contribution in [0.4, 0.5) is 5.69 Å². The number of nitrogens with one attached hydrogen (secondary N) is 1. The van der Waals surface area contributed by atoms with Gasteiger partial charge in [0.25, 0.3) is 0 Å². The second-order valence-corrected chi connectivity index (χ2v) is 8.72. The quantitative estimate of drug-likeness (QED) is 0.685. The number of rotatable bonds is 8. The van der Waals surface area contributed by atoms with E-state index in [4.69, 9.17) is 14.2 Å². The van der Waals surface area contributed by atoms with E-state index in [1.165, 1.54) is 0 Å². The molecule has 0 unspecified atom stereocenters. The van der Waals surface area contributed by atoms with Crippen molar-refractivity contribution in [3.05, 3.63) is 48.0 Å². The van der Waals surface area contributed by atoms with Crippen molar-refractivity contribution in [3.8, 4) is 17.2 Å². The third-order valence-corrected chi connectivity index (χ3v) is 5.79. The molecule has 2 aromatic carbocycles. The van der Waals surface area contributed by atoms with Gasteiger partial charge < -0.3 is 19.5 Å². The third kappa shape index (κ3) is 5.15. The van der Waals surface area contributed by atoms with Crippen molar-refractivity contribution >= 4 is 21.6 Å². The Morgan fingerprint density at radius 1 is 1.17 bits per heavy atom. The van der Waals surface area contributed by atoms with E-state index in [1.54, 1.807) is 25.1 Å². The van der Waals surface area contributed by atoms with E-state index in [-0.39, 0.29) is 6.54 Å². The maximum Gasteiger partial charge on any atom is 0.243 e. The van der Waals surface area contributed by atoms with Gasteiger partial charge in [-0.1, -0.05) is 12.1 Å². The Balaban J connectivity index is 1.76. The average molecular weight is 435 g/mol. The van der Waals surface area contributed by atoms with E-state index in [2.05, 4.69) is 5.32 Å². The Hall–Kier alpha value is -2.94. The number of anilines is 1. The first-order valence-corrected chi connectivity index (χ1v) is 11.5. The number of nitrogens with zero attached hydrogens (tertiary/aromatic N) is 1. The zero-order chi connectivity index (χ0) is 21.7. The van der Waals surface area contributed by atoms with Crippen LogP contribution in [0.5, 0.6) is 17.2 Å². The lowest BCUT2D eigenvalue weighted by atomic mass is 10.2. The summed E-state index contributed by atoms with van der Waals surface area (Å²) in [7, 11) is -3.73. The van der Waals surface area contributed by atoms with Gasteiger partial charge in [0.15, 0.2) is 11.5 Å². The molecule has 0 saturated heterocycles. The van der Waals surface area contributed by atoms with Crippen molar-refractivity contribution in [3.63, 3.8) is 0 Å². The van der Waals surface area contributed by atoms with Gasteiger partial charge in [-0.3, -0.25) is 9.10 Å². The second-order valence-electron chi connectivity index (χ2n) is 6.86. The molecular weight excluding hydrogens is 408 g/mol. The fourth-order valence-corrected chi connectivity index (χ4v) is 4.39. The Labute approximate surface area is 176 Å². The lowest BCUT2D eigenvalue weighted by Gasteiger charge is -2.29. The van der Waals surface area contributed by atoms with Crippen LogP contribution in [-0.4, -0.2) is 46.4 Å². The molecule has 0 saturated carbocycles. The normalized spacial score (nSPS) is 14.0. The Morgan fingerprint density at radius 3 is 2.60 bits per heavy atom. The number of carbonyl (C=O) groups is 1. The number of hydrogen-bond acceptors (Lipinski definition) is 6. The Morgan fingerprint density at radius 2 is 1.90 bits per heavy atom. The van der Waals surface area contributed by atoms with Gasteiger partial charge in [0, 0.05) is 12.6 Å². The van der Waals surface area contributed by atoms with Crippen LogP contribution < -0.4 is 23.8 Å². The number of amides is 1. The molecule has 2 aromatic rings. The van der Waals surface area contributed by atoms with Crippen molar-refractivity contribution in [2.45, 2.75) is 26.4 Å². The maximum absolute atomic E-state index is 12.8.